The predicted molar refractivity (Wildman–Crippen MR) is 105 cm³/mol. The van der Waals surface area contributed by atoms with Crippen molar-refractivity contribution in [1.29, 1.82) is 0 Å². The Balaban J connectivity index is 1.82. The van der Waals surface area contributed by atoms with E-state index in [0.29, 0.717) is 30.0 Å². The van der Waals surface area contributed by atoms with Gasteiger partial charge in [-0.05, 0) is 20.4 Å². The molecule has 2 aromatic rings. The summed E-state index contributed by atoms with van der Waals surface area (Å²) in [6, 6.07) is 0. The van der Waals surface area contributed by atoms with Gasteiger partial charge >= 0.3 is 6.09 Å². The number of thioether (sulfide) groups is 1. The van der Waals surface area contributed by atoms with Crippen molar-refractivity contribution in [2.24, 2.45) is 0 Å². The standard InChI is InChI=1S/C16H25N7O4S/c1-22(2)5-4-18-16(25)27-12-11(24)9(6-28-3)26-15(12)23-8-21-10-13(17)19-7-20-14(10)23/h7-9,11-12,15,24H,4-6H2,1-3H3,(H,18,25)(H2,17,19,20). The second-order valence-electron chi connectivity index (χ2n) is 6.69. The van der Waals surface area contributed by atoms with E-state index in [0.717, 1.165) is 0 Å². The van der Waals surface area contributed by atoms with Gasteiger partial charge in [0.1, 0.15) is 17.9 Å². The first kappa shape index (κ1) is 20.6. The number of amides is 1. The Morgan fingerprint density at radius 3 is 2.96 bits per heavy atom. The van der Waals surface area contributed by atoms with Crippen molar-refractivity contribution in [3.05, 3.63) is 12.7 Å². The van der Waals surface area contributed by atoms with E-state index in [2.05, 4.69) is 20.3 Å². The van der Waals surface area contributed by atoms with Crippen LogP contribution in [0.3, 0.4) is 0 Å². The third-order valence-corrected chi connectivity index (χ3v) is 5.04. The van der Waals surface area contributed by atoms with Crippen LogP contribution in [0.1, 0.15) is 6.23 Å². The monoisotopic (exact) mass is 411 g/mol. The van der Waals surface area contributed by atoms with E-state index in [1.165, 1.54) is 24.4 Å². The number of fused-ring (bicyclic) bond motifs is 1. The molecule has 1 fully saturated rings. The van der Waals surface area contributed by atoms with E-state index in [9.17, 15) is 9.90 Å². The fraction of sp³-hybridized carbons (Fsp3) is 0.625. The summed E-state index contributed by atoms with van der Waals surface area (Å²) >= 11 is 1.53. The van der Waals surface area contributed by atoms with Crippen molar-refractivity contribution >= 4 is 34.8 Å². The minimum absolute atomic E-state index is 0.238. The lowest BCUT2D eigenvalue weighted by atomic mass is 10.1. The topological polar surface area (TPSA) is 141 Å². The Hall–Kier alpha value is -2.15. The van der Waals surface area contributed by atoms with Gasteiger partial charge < -0.3 is 30.5 Å². The molecule has 1 aliphatic rings. The molecule has 0 saturated carbocycles. The molecule has 1 saturated heterocycles. The molecule has 0 aliphatic carbocycles. The Morgan fingerprint density at radius 1 is 1.46 bits per heavy atom. The number of anilines is 1. The predicted octanol–water partition coefficient (Wildman–Crippen LogP) is -0.314. The van der Waals surface area contributed by atoms with Gasteiger partial charge in [-0.2, -0.15) is 11.8 Å². The van der Waals surface area contributed by atoms with Gasteiger partial charge in [0.2, 0.25) is 0 Å². The number of nitrogens with one attached hydrogen (secondary N) is 1. The lowest BCUT2D eigenvalue weighted by Crippen LogP contribution is -2.40. The second kappa shape index (κ2) is 8.90. The Labute approximate surface area is 166 Å². The van der Waals surface area contributed by atoms with Crippen LogP contribution in [-0.2, 0) is 9.47 Å². The molecule has 3 rings (SSSR count). The Morgan fingerprint density at radius 2 is 2.25 bits per heavy atom. The van der Waals surface area contributed by atoms with Crippen molar-refractivity contribution in [1.82, 2.24) is 29.7 Å². The number of aliphatic hydroxyl groups is 1. The molecule has 2 aromatic heterocycles. The molecule has 3 heterocycles. The van der Waals surface area contributed by atoms with Gasteiger partial charge in [-0.25, -0.2) is 19.7 Å². The molecule has 0 bridgehead atoms. The van der Waals surface area contributed by atoms with Crippen LogP contribution >= 0.6 is 11.8 Å². The van der Waals surface area contributed by atoms with Crippen LogP contribution in [0.15, 0.2) is 12.7 Å². The summed E-state index contributed by atoms with van der Waals surface area (Å²) in [5, 5.41) is 13.4. The third kappa shape index (κ3) is 4.29. The fourth-order valence-corrected chi connectivity index (χ4v) is 3.58. The first-order valence-electron chi connectivity index (χ1n) is 8.77. The molecule has 1 amide bonds. The number of imidazole rings is 1. The van der Waals surface area contributed by atoms with Gasteiger partial charge in [0, 0.05) is 18.8 Å². The van der Waals surface area contributed by atoms with Gasteiger partial charge in [0.25, 0.3) is 0 Å². The van der Waals surface area contributed by atoms with Gasteiger partial charge in [0.15, 0.2) is 23.8 Å². The minimum Gasteiger partial charge on any atom is -0.439 e. The van der Waals surface area contributed by atoms with Crippen LogP contribution in [0, 0.1) is 0 Å². The Kier molecular flexibility index (Phi) is 6.54. The summed E-state index contributed by atoms with van der Waals surface area (Å²) in [4.78, 5) is 26.5. The highest BCUT2D eigenvalue weighted by atomic mass is 32.2. The van der Waals surface area contributed by atoms with Crippen molar-refractivity contribution in [3.8, 4) is 0 Å². The molecule has 11 nitrogen and oxygen atoms in total. The molecule has 28 heavy (non-hydrogen) atoms. The van der Waals surface area contributed by atoms with Crippen LogP contribution in [0.5, 0.6) is 0 Å². The molecule has 0 spiro atoms. The third-order valence-electron chi connectivity index (χ3n) is 4.38. The number of aromatic nitrogens is 4. The minimum atomic E-state index is -0.992. The van der Waals surface area contributed by atoms with Gasteiger partial charge in [-0.15, -0.1) is 0 Å². The number of nitrogens with two attached hydrogens (primary N) is 1. The van der Waals surface area contributed by atoms with Crippen LogP contribution in [0.2, 0.25) is 0 Å². The van der Waals surface area contributed by atoms with E-state index in [1.807, 2.05) is 25.3 Å². The number of hydrogen-bond acceptors (Lipinski definition) is 10. The summed E-state index contributed by atoms with van der Waals surface area (Å²) in [5.74, 6) is 0.783. The summed E-state index contributed by atoms with van der Waals surface area (Å²) < 4.78 is 13.1. The number of carbonyl (C=O) groups excluding carboxylic acids is 1. The van der Waals surface area contributed by atoms with E-state index < -0.39 is 30.6 Å². The lowest BCUT2D eigenvalue weighted by Gasteiger charge is -2.22. The van der Waals surface area contributed by atoms with E-state index in [1.54, 1.807) is 4.57 Å². The number of aliphatic hydroxyl groups excluding tert-OH is 1. The van der Waals surface area contributed by atoms with Crippen LogP contribution < -0.4 is 11.1 Å². The summed E-state index contributed by atoms with van der Waals surface area (Å²) in [6.07, 6.45) is 0.900. The normalized spacial score (nSPS) is 24.8. The quantitative estimate of drug-likeness (QED) is 0.555. The van der Waals surface area contributed by atoms with Crippen LogP contribution in [0.25, 0.3) is 11.2 Å². The number of hydrogen-bond donors (Lipinski definition) is 3. The maximum atomic E-state index is 12.2. The van der Waals surface area contributed by atoms with Crippen molar-refractivity contribution in [2.75, 3.05) is 44.9 Å². The molecule has 4 atom stereocenters. The highest BCUT2D eigenvalue weighted by Gasteiger charge is 2.47. The average molecular weight is 411 g/mol. The summed E-state index contributed by atoms with van der Waals surface area (Å²) in [5.41, 5.74) is 6.71. The summed E-state index contributed by atoms with van der Waals surface area (Å²) in [7, 11) is 3.81. The zero-order valence-corrected chi connectivity index (χ0v) is 16.8. The molecule has 4 unspecified atom stereocenters. The fourth-order valence-electron chi connectivity index (χ4n) is 2.97. The largest absolute Gasteiger partial charge is 0.439 e. The first-order chi connectivity index (χ1) is 13.4. The smallest absolute Gasteiger partial charge is 0.407 e. The number of alkyl carbamates (subject to hydrolysis) is 1. The second-order valence-corrected chi connectivity index (χ2v) is 7.60. The number of nitrogens with zero attached hydrogens (tertiary/aromatic N) is 5. The number of carbonyl (C=O) groups is 1. The number of nitrogen functional groups attached to an aromatic ring is 1. The molecule has 0 radical (unpaired) electrons. The zero-order valence-electron chi connectivity index (χ0n) is 16.0. The van der Waals surface area contributed by atoms with Crippen molar-refractivity contribution in [3.63, 3.8) is 0 Å². The van der Waals surface area contributed by atoms with Gasteiger partial charge in [-0.3, -0.25) is 4.57 Å². The highest BCUT2D eigenvalue weighted by Crippen LogP contribution is 2.35. The Bertz CT molecular complexity index is 817. The molecular formula is C16H25N7O4S. The van der Waals surface area contributed by atoms with Gasteiger partial charge in [-0.1, -0.05) is 0 Å². The van der Waals surface area contributed by atoms with Crippen LogP contribution in [0.4, 0.5) is 10.6 Å². The van der Waals surface area contributed by atoms with Crippen molar-refractivity contribution in [2.45, 2.75) is 24.5 Å². The molecular weight excluding hydrogens is 386 g/mol. The number of rotatable bonds is 7. The molecule has 1 aliphatic heterocycles. The number of ether oxygens (including phenoxy) is 2. The van der Waals surface area contributed by atoms with E-state index in [4.69, 9.17) is 15.2 Å². The lowest BCUT2D eigenvalue weighted by molar-refractivity contribution is -0.0354. The highest BCUT2D eigenvalue weighted by molar-refractivity contribution is 7.98. The number of likely N-dealkylation sites (N-methyl/N-ethyl adjacent to an activating group) is 1. The van der Waals surface area contributed by atoms with E-state index >= 15 is 0 Å². The SMILES string of the molecule is CSCC1OC(n2cnc3c(N)ncnc32)C(OC(=O)NCCN(C)C)C1O. The average Bonchev–Trinajstić information content (AvgIpc) is 3.19. The zero-order chi connectivity index (χ0) is 20.3. The maximum Gasteiger partial charge on any atom is 0.407 e. The molecule has 4 N–H and O–H groups in total. The summed E-state index contributed by atoms with van der Waals surface area (Å²) in [6.45, 7) is 1.09. The molecule has 12 heteroatoms. The van der Waals surface area contributed by atoms with Crippen molar-refractivity contribution < 1.29 is 19.4 Å². The maximum absolute atomic E-state index is 12.2. The van der Waals surface area contributed by atoms with E-state index in [-0.39, 0.29) is 5.82 Å². The molecule has 154 valence electrons. The first-order valence-corrected chi connectivity index (χ1v) is 10.2. The van der Waals surface area contributed by atoms with Crippen LogP contribution in [-0.4, -0.2) is 93.1 Å². The molecule has 0 aromatic carbocycles. The van der Waals surface area contributed by atoms with Gasteiger partial charge in [0.05, 0.1) is 12.4 Å².